The largest absolute Gasteiger partial charge is 0.465 e. The number of halogens is 1. The van der Waals surface area contributed by atoms with E-state index in [1.165, 1.54) is 0 Å². The minimum atomic E-state index is -2.93. The molecule has 0 amide bonds. The Kier molecular flexibility index (Phi) is 0.535. The first-order chi connectivity index (χ1) is 7.37. The lowest BCUT2D eigenvalue weighted by atomic mass is 10.4. The maximum absolute atomic E-state index is 7.44. The van der Waals surface area contributed by atoms with Crippen molar-refractivity contribution < 1.29 is 15.4 Å². The highest BCUT2D eigenvalue weighted by Gasteiger charge is 2.00. The molecule has 0 saturated heterocycles. The molecule has 0 N–H and O–H groups in total. The van der Waals surface area contributed by atoms with Crippen LogP contribution < -0.4 is 0 Å². The molecule has 0 aliphatic rings. The molecule has 1 aromatic heterocycles. The summed E-state index contributed by atoms with van der Waals surface area (Å²) in [6, 6.07) is 1.04. The van der Waals surface area contributed by atoms with E-state index in [2.05, 4.69) is 15.9 Å². The Labute approximate surface area is 74.4 Å². The zero-order valence-corrected chi connectivity index (χ0v) is 5.95. The molecule has 0 bridgehead atoms. The van der Waals surface area contributed by atoms with E-state index >= 15 is 0 Å². The van der Waals surface area contributed by atoms with Crippen molar-refractivity contribution in [1.29, 1.82) is 0 Å². The molecule has 1 aromatic rings. The van der Waals surface area contributed by atoms with Gasteiger partial charge in [-0.3, -0.25) is 0 Å². The van der Waals surface area contributed by atoms with Crippen molar-refractivity contribution in [3.63, 3.8) is 0 Å². The van der Waals surface area contributed by atoms with E-state index in [-0.39, 0.29) is 4.47 Å². The van der Waals surface area contributed by atoms with E-state index in [9.17, 15) is 0 Å². The first kappa shape index (κ1) is 1.88. The molecule has 0 spiro atoms. The molecule has 0 fully saturated rings. The second-order valence-electron chi connectivity index (χ2n) is 1.41. The van der Waals surface area contributed by atoms with Crippen molar-refractivity contribution in [3.8, 4) is 0 Å². The summed E-state index contributed by atoms with van der Waals surface area (Å²) in [5.41, 5.74) is 0. The molecule has 9 heavy (non-hydrogen) atoms. The zero-order valence-electron chi connectivity index (χ0n) is 12.4. The van der Waals surface area contributed by atoms with Gasteiger partial charge in [-0.2, -0.15) is 0 Å². The molecule has 0 atom stereocenters. The predicted molar refractivity (Wildman–Crippen MR) is 40.5 cm³/mol. The van der Waals surface area contributed by atoms with Crippen molar-refractivity contribution in [3.05, 3.63) is 22.1 Å². The number of hydrogen-bond acceptors (Lipinski definition) is 1. The third-order valence-corrected chi connectivity index (χ3v) is 1.40. The summed E-state index contributed by atoms with van der Waals surface area (Å²) in [4.78, 5) is 0. The molecule has 0 aliphatic carbocycles. The van der Waals surface area contributed by atoms with Gasteiger partial charge in [0.2, 0.25) is 0 Å². The topological polar surface area (TPSA) is 13.1 Å². The predicted octanol–water partition coefficient (Wildman–Crippen LogP) is 2.91. The molecule has 0 aromatic carbocycles. The molecule has 0 unspecified atom stereocenters. The highest BCUT2D eigenvalue weighted by atomic mass is 79.9. The van der Waals surface area contributed by atoms with Gasteiger partial charge < -0.3 is 4.42 Å². The van der Waals surface area contributed by atoms with Crippen LogP contribution >= 0.6 is 15.9 Å². The molecule has 0 radical (unpaired) electrons. The van der Waals surface area contributed by atoms with Crippen molar-refractivity contribution in [2.75, 3.05) is 0 Å². The number of aryl methyl sites for hydroxylation is 2. The first-order valence-corrected chi connectivity index (χ1v) is 2.97. The monoisotopic (exact) mass is 196 g/mol. The Hall–Kier alpha value is -0.240. The maximum Gasteiger partial charge on any atom is 0.115 e. The van der Waals surface area contributed by atoms with Gasteiger partial charge in [-0.15, -0.1) is 0 Å². The Morgan fingerprint density at radius 1 is 2.00 bits per heavy atom. The van der Waals surface area contributed by atoms with Crippen molar-refractivity contribution in [2.24, 2.45) is 0 Å². The maximum atomic E-state index is 7.44. The van der Waals surface area contributed by atoms with Gasteiger partial charge in [0.05, 0.1) is 4.47 Å². The molecular formula is C7H9BrO. The van der Waals surface area contributed by atoms with Gasteiger partial charge >= 0.3 is 0 Å². The Bertz CT molecular complexity index is 414. The highest BCUT2D eigenvalue weighted by Crippen LogP contribution is 2.20. The number of hydrogen-bond donors (Lipinski definition) is 0. The van der Waals surface area contributed by atoms with Gasteiger partial charge in [-0.1, -0.05) is 6.85 Å². The van der Waals surface area contributed by atoms with Crippen LogP contribution in [0.5, 0.6) is 0 Å². The summed E-state index contributed by atoms with van der Waals surface area (Å²) in [6.07, 6.45) is -2.74. The van der Waals surface area contributed by atoms with Crippen LogP contribution in [0.4, 0.5) is 0 Å². The van der Waals surface area contributed by atoms with E-state index in [4.69, 9.17) is 15.4 Å². The molecule has 1 heterocycles. The van der Waals surface area contributed by atoms with E-state index < -0.39 is 31.6 Å². The minimum absolute atomic E-state index is 0.0284. The van der Waals surface area contributed by atoms with Gasteiger partial charge in [0.25, 0.3) is 0 Å². The molecule has 2 heteroatoms. The summed E-state index contributed by atoms with van der Waals surface area (Å²) in [5.74, 6) is -0.990. The Morgan fingerprint density at radius 3 is 3.44 bits per heavy atom. The summed E-state index contributed by atoms with van der Waals surface area (Å²) in [6.45, 7) is -5.50. The Balaban J connectivity index is 3.28. The van der Waals surface area contributed by atoms with Crippen LogP contribution in [0.15, 0.2) is 15.0 Å². The van der Waals surface area contributed by atoms with E-state index in [1.807, 2.05) is 0 Å². The minimum Gasteiger partial charge on any atom is -0.465 e. The molecular weight excluding hydrogens is 180 g/mol. The molecule has 50 valence electrons. The smallest absolute Gasteiger partial charge is 0.115 e. The molecule has 1 rings (SSSR count). The summed E-state index contributed by atoms with van der Waals surface area (Å²) in [5, 5.41) is 0. The quantitative estimate of drug-likeness (QED) is 0.674. The fraction of sp³-hybridized carbons (Fsp3) is 0.429. The van der Waals surface area contributed by atoms with Gasteiger partial charge in [-0.25, -0.2) is 0 Å². The van der Waals surface area contributed by atoms with Crippen molar-refractivity contribution in [2.45, 2.75) is 20.1 Å². The standard InChI is InChI=1S/C7H9BrO/c1-3-6-4-7(8)5(2)9-6/h4H,3H2,1-2H3/i1D3,2D3,3D2. The van der Waals surface area contributed by atoms with Gasteiger partial charge in [0, 0.05) is 17.3 Å². The van der Waals surface area contributed by atoms with E-state index in [0.717, 1.165) is 6.07 Å². The van der Waals surface area contributed by atoms with Gasteiger partial charge in [0.1, 0.15) is 11.5 Å². The zero-order chi connectivity index (χ0) is 13.6. The number of furan rings is 1. The second kappa shape index (κ2) is 2.56. The Morgan fingerprint density at radius 2 is 2.89 bits per heavy atom. The van der Waals surface area contributed by atoms with Crippen LogP contribution in [0.25, 0.3) is 0 Å². The molecule has 1 nitrogen and oxygen atoms in total. The van der Waals surface area contributed by atoms with Crippen LogP contribution in [0.3, 0.4) is 0 Å². The molecule has 0 saturated carbocycles. The van der Waals surface area contributed by atoms with Gasteiger partial charge in [-0.05, 0) is 28.8 Å². The SMILES string of the molecule is [2H]C([2H])([2H])c1oc(C([2H])([2H])C([2H])([2H])[2H])cc1Br. The van der Waals surface area contributed by atoms with Crippen LogP contribution in [0.2, 0.25) is 0 Å². The van der Waals surface area contributed by atoms with E-state index in [0.29, 0.717) is 0 Å². The van der Waals surface area contributed by atoms with E-state index in [1.54, 1.807) is 0 Å². The lowest BCUT2D eigenvalue weighted by molar-refractivity contribution is 0.487. The summed E-state index contributed by atoms with van der Waals surface area (Å²) < 4.78 is 62.3. The third kappa shape index (κ3) is 1.36. The second-order valence-corrected chi connectivity index (χ2v) is 2.27. The highest BCUT2D eigenvalue weighted by molar-refractivity contribution is 9.10. The van der Waals surface area contributed by atoms with Crippen LogP contribution in [-0.4, -0.2) is 0 Å². The average Bonchev–Trinajstić information content (AvgIpc) is 2.44. The van der Waals surface area contributed by atoms with Gasteiger partial charge in [0.15, 0.2) is 0 Å². The fourth-order valence-electron chi connectivity index (χ4n) is 0.430. The first-order valence-electron chi connectivity index (χ1n) is 6.17. The van der Waals surface area contributed by atoms with Crippen LogP contribution in [-0.2, 0) is 6.37 Å². The fourth-order valence-corrected chi connectivity index (χ4v) is 0.719. The summed E-state index contributed by atoms with van der Waals surface area (Å²) >= 11 is 2.91. The number of rotatable bonds is 1. The summed E-state index contributed by atoms with van der Waals surface area (Å²) in [7, 11) is 0. The third-order valence-electron chi connectivity index (χ3n) is 0.810. The van der Waals surface area contributed by atoms with Crippen LogP contribution in [0, 0.1) is 6.85 Å². The normalized spacial score (nSPS) is 27.7. The average molecular weight is 197 g/mol. The van der Waals surface area contributed by atoms with Crippen molar-refractivity contribution in [1.82, 2.24) is 0 Å². The molecule has 0 aliphatic heterocycles. The van der Waals surface area contributed by atoms with Crippen molar-refractivity contribution >= 4 is 15.9 Å². The van der Waals surface area contributed by atoms with Crippen LogP contribution in [0.1, 0.15) is 29.3 Å². The lowest BCUT2D eigenvalue weighted by Crippen LogP contribution is -1.67. The lowest BCUT2D eigenvalue weighted by Gasteiger charge is -1.83.